The molecule has 0 heterocycles. The molecule has 0 saturated carbocycles. The second-order valence-corrected chi connectivity index (χ2v) is 3.47. The van der Waals surface area contributed by atoms with Gasteiger partial charge in [0.15, 0.2) is 0 Å². The Kier molecular flexibility index (Phi) is 4.86. The number of carbonyl (C=O) groups is 3. The largest absolute Gasteiger partial charge is 0.466 e. The van der Waals surface area contributed by atoms with Gasteiger partial charge in [0.2, 0.25) is 11.8 Å². The van der Waals surface area contributed by atoms with Crippen LogP contribution < -0.4 is 11.1 Å². The van der Waals surface area contributed by atoms with Crippen molar-refractivity contribution in [1.82, 2.24) is 0 Å². The number of rotatable bonds is 5. The second-order valence-electron chi connectivity index (χ2n) is 3.47. The normalized spacial score (nSPS) is 9.61. The van der Waals surface area contributed by atoms with E-state index in [2.05, 4.69) is 10.1 Å². The van der Waals surface area contributed by atoms with Gasteiger partial charge in [0, 0.05) is 11.3 Å². The lowest BCUT2D eigenvalue weighted by Gasteiger charge is -2.05. The van der Waals surface area contributed by atoms with E-state index in [9.17, 15) is 14.4 Å². The maximum Gasteiger partial charge on any atom is 0.315 e. The number of nitrogens with one attached hydrogen (secondary N) is 1. The van der Waals surface area contributed by atoms with Crippen LogP contribution >= 0.6 is 0 Å². The van der Waals surface area contributed by atoms with Crippen LogP contribution in [0.5, 0.6) is 0 Å². The van der Waals surface area contributed by atoms with Gasteiger partial charge in [-0.1, -0.05) is 0 Å². The first-order chi connectivity index (χ1) is 8.52. The molecule has 0 saturated heterocycles. The van der Waals surface area contributed by atoms with Crippen LogP contribution in [0.3, 0.4) is 0 Å². The molecule has 96 valence electrons. The van der Waals surface area contributed by atoms with E-state index in [1.807, 2.05) is 0 Å². The predicted octanol–water partition coefficient (Wildman–Crippen LogP) is 0.677. The Morgan fingerprint density at radius 1 is 1.22 bits per heavy atom. The first-order valence-corrected chi connectivity index (χ1v) is 5.38. The Morgan fingerprint density at radius 3 is 2.33 bits per heavy atom. The molecule has 0 radical (unpaired) electrons. The average Bonchev–Trinajstić information content (AvgIpc) is 2.29. The van der Waals surface area contributed by atoms with Gasteiger partial charge in [0.05, 0.1) is 6.61 Å². The highest BCUT2D eigenvalue weighted by molar-refractivity contribution is 6.02. The smallest absolute Gasteiger partial charge is 0.315 e. The molecule has 0 spiro atoms. The van der Waals surface area contributed by atoms with Crippen molar-refractivity contribution >= 4 is 23.5 Å². The minimum absolute atomic E-state index is 0.236. The standard InChI is InChI=1S/C12H14N2O4/c1-2-18-11(16)7-10(15)14-9-5-3-8(4-6-9)12(13)17/h3-6H,2,7H2,1H3,(H2,13,17)(H,14,15). The molecule has 0 fully saturated rings. The molecule has 0 aliphatic heterocycles. The molecule has 6 nitrogen and oxygen atoms in total. The minimum Gasteiger partial charge on any atom is -0.466 e. The number of anilines is 1. The molecule has 1 rings (SSSR count). The maximum atomic E-state index is 11.4. The molecule has 0 atom stereocenters. The minimum atomic E-state index is -0.580. The van der Waals surface area contributed by atoms with Crippen LogP contribution in [-0.4, -0.2) is 24.4 Å². The van der Waals surface area contributed by atoms with Gasteiger partial charge < -0.3 is 15.8 Å². The maximum absolute atomic E-state index is 11.4. The summed E-state index contributed by atoms with van der Waals surface area (Å²) in [5, 5.41) is 2.51. The van der Waals surface area contributed by atoms with E-state index in [0.717, 1.165) is 0 Å². The number of hydrogen-bond acceptors (Lipinski definition) is 4. The summed E-state index contributed by atoms with van der Waals surface area (Å²) < 4.78 is 4.64. The van der Waals surface area contributed by atoms with E-state index in [4.69, 9.17) is 5.73 Å². The summed E-state index contributed by atoms with van der Waals surface area (Å²) in [4.78, 5) is 33.3. The third-order valence-electron chi connectivity index (χ3n) is 2.06. The van der Waals surface area contributed by atoms with Crippen molar-refractivity contribution in [2.75, 3.05) is 11.9 Å². The molecule has 6 heteroatoms. The lowest BCUT2D eigenvalue weighted by atomic mass is 10.2. The molecule has 0 unspecified atom stereocenters. The fraction of sp³-hybridized carbons (Fsp3) is 0.250. The zero-order valence-corrected chi connectivity index (χ0v) is 9.93. The Morgan fingerprint density at radius 2 is 1.83 bits per heavy atom. The highest BCUT2D eigenvalue weighted by Crippen LogP contribution is 2.09. The number of hydrogen-bond donors (Lipinski definition) is 2. The quantitative estimate of drug-likeness (QED) is 0.593. The summed E-state index contributed by atoms with van der Waals surface area (Å²) in [5.41, 5.74) is 5.90. The molecule has 3 N–H and O–H groups in total. The van der Waals surface area contributed by atoms with Crippen LogP contribution in [0.2, 0.25) is 0 Å². The highest BCUT2D eigenvalue weighted by atomic mass is 16.5. The van der Waals surface area contributed by atoms with Gasteiger partial charge in [-0.2, -0.15) is 0 Å². The molecule has 0 aliphatic rings. The molecule has 0 bridgehead atoms. The lowest BCUT2D eigenvalue weighted by molar-refractivity contribution is -0.145. The zero-order valence-electron chi connectivity index (χ0n) is 9.93. The SMILES string of the molecule is CCOC(=O)CC(=O)Nc1ccc(C(N)=O)cc1. The van der Waals surface area contributed by atoms with Crippen molar-refractivity contribution in [3.05, 3.63) is 29.8 Å². The number of amides is 2. The Labute approximate surface area is 104 Å². The van der Waals surface area contributed by atoms with Crippen molar-refractivity contribution in [2.45, 2.75) is 13.3 Å². The third-order valence-corrected chi connectivity index (χ3v) is 2.06. The van der Waals surface area contributed by atoms with Gasteiger partial charge in [-0.05, 0) is 31.2 Å². The molecule has 1 aromatic rings. The molecule has 18 heavy (non-hydrogen) atoms. The average molecular weight is 250 g/mol. The summed E-state index contributed by atoms with van der Waals surface area (Å²) in [6.45, 7) is 1.90. The van der Waals surface area contributed by atoms with E-state index >= 15 is 0 Å². The fourth-order valence-corrected chi connectivity index (χ4v) is 1.27. The highest BCUT2D eigenvalue weighted by Gasteiger charge is 2.10. The van der Waals surface area contributed by atoms with E-state index in [-0.39, 0.29) is 13.0 Å². The van der Waals surface area contributed by atoms with Gasteiger partial charge in [-0.25, -0.2) is 0 Å². The molecule has 2 amide bonds. The van der Waals surface area contributed by atoms with Gasteiger partial charge >= 0.3 is 5.97 Å². The van der Waals surface area contributed by atoms with Crippen LogP contribution in [-0.2, 0) is 14.3 Å². The van der Waals surface area contributed by atoms with Crippen LogP contribution in [0.1, 0.15) is 23.7 Å². The fourth-order valence-electron chi connectivity index (χ4n) is 1.27. The summed E-state index contributed by atoms with van der Waals surface area (Å²) in [6, 6.07) is 6.04. The van der Waals surface area contributed by atoms with Crippen molar-refractivity contribution < 1.29 is 19.1 Å². The first kappa shape index (κ1) is 13.7. The summed E-state index contributed by atoms with van der Waals surface area (Å²) in [5.74, 6) is -1.59. The van der Waals surface area contributed by atoms with Gasteiger partial charge in [0.25, 0.3) is 0 Å². The van der Waals surface area contributed by atoms with Crippen molar-refractivity contribution in [3.8, 4) is 0 Å². The summed E-state index contributed by atoms with van der Waals surface area (Å²) in [7, 11) is 0. The number of carbonyl (C=O) groups excluding carboxylic acids is 3. The van der Waals surface area contributed by atoms with Gasteiger partial charge in [0.1, 0.15) is 6.42 Å². The van der Waals surface area contributed by atoms with E-state index in [1.165, 1.54) is 24.3 Å². The van der Waals surface area contributed by atoms with Crippen LogP contribution in [0, 0.1) is 0 Å². The summed E-state index contributed by atoms with van der Waals surface area (Å²) in [6.07, 6.45) is -0.342. The van der Waals surface area contributed by atoms with Crippen LogP contribution in [0.4, 0.5) is 5.69 Å². The molecule has 0 aliphatic carbocycles. The van der Waals surface area contributed by atoms with Crippen LogP contribution in [0.15, 0.2) is 24.3 Å². The molecular weight excluding hydrogens is 236 g/mol. The van der Waals surface area contributed by atoms with E-state index < -0.39 is 17.8 Å². The van der Waals surface area contributed by atoms with Crippen molar-refractivity contribution in [1.29, 1.82) is 0 Å². The molecule has 1 aromatic carbocycles. The first-order valence-electron chi connectivity index (χ1n) is 5.38. The van der Waals surface area contributed by atoms with Crippen LogP contribution in [0.25, 0.3) is 0 Å². The monoisotopic (exact) mass is 250 g/mol. The van der Waals surface area contributed by atoms with Crippen molar-refractivity contribution in [2.24, 2.45) is 5.73 Å². The van der Waals surface area contributed by atoms with Gasteiger partial charge in [-0.15, -0.1) is 0 Å². The number of primary amides is 1. The number of benzene rings is 1. The van der Waals surface area contributed by atoms with Gasteiger partial charge in [-0.3, -0.25) is 14.4 Å². The van der Waals surface area contributed by atoms with E-state index in [1.54, 1.807) is 6.92 Å². The Balaban J connectivity index is 2.54. The number of nitrogens with two attached hydrogens (primary N) is 1. The Bertz CT molecular complexity index is 454. The lowest BCUT2D eigenvalue weighted by Crippen LogP contribution is -2.18. The number of esters is 1. The van der Waals surface area contributed by atoms with E-state index in [0.29, 0.717) is 11.3 Å². The third kappa shape index (κ3) is 4.25. The number of ether oxygens (including phenoxy) is 1. The molecule has 0 aromatic heterocycles. The van der Waals surface area contributed by atoms with Crippen molar-refractivity contribution in [3.63, 3.8) is 0 Å². The molecular formula is C12H14N2O4. The zero-order chi connectivity index (χ0) is 13.5. The summed E-state index contributed by atoms with van der Waals surface area (Å²) >= 11 is 0. The Hall–Kier alpha value is -2.37. The topological polar surface area (TPSA) is 98.5 Å². The second kappa shape index (κ2) is 6.39. The predicted molar refractivity (Wildman–Crippen MR) is 64.8 cm³/mol.